The van der Waals surface area contributed by atoms with Crippen molar-refractivity contribution in [2.75, 3.05) is 6.54 Å². The van der Waals surface area contributed by atoms with E-state index in [-0.39, 0.29) is 0 Å². The first kappa shape index (κ1) is 11.6. The van der Waals surface area contributed by atoms with Crippen molar-refractivity contribution in [3.8, 4) is 0 Å². The van der Waals surface area contributed by atoms with Gasteiger partial charge >= 0.3 is 0 Å². The third-order valence-electron chi connectivity index (χ3n) is 2.53. The highest BCUT2D eigenvalue weighted by atomic mass is 79.9. The molecule has 1 unspecified atom stereocenters. The highest BCUT2D eigenvalue weighted by molar-refractivity contribution is 9.11. The van der Waals surface area contributed by atoms with Gasteiger partial charge in [-0.15, -0.1) is 11.3 Å². The molecule has 1 aromatic rings. The normalized spacial score (nSPS) is 20.2. The molecule has 1 aliphatic rings. The van der Waals surface area contributed by atoms with E-state index in [1.54, 1.807) is 11.3 Å². The van der Waals surface area contributed by atoms with E-state index in [1.165, 1.54) is 17.7 Å². The van der Waals surface area contributed by atoms with Crippen molar-refractivity contribution < 1.29 is 5.11 Å². The van der Waals surface area contributed by atoms with E-state index >= 15 is 0 Å². The Bertz CT molecular complexity index is 333. The molecule has 84 valence electrons. The molecule has 0 bridgehead atoms. The molecule has 1 fully saturated rings. The van der Waals surface area contributed by atoms with E-state index in [4.69, 9.17) is 0 Å². The molecule has 0 aromatic carbocycles. The predicted molar refractivity (Wildman–Crippen MR) is 67.4 cm³/mol. The van der Waals surface area contributed by atoms with Crippen LogP contribution >= 0.6 is 27.3 Å². The van der Waals surface area contributed by atoms with Crippen LogP contribution in [-0.4, -0.2) is 23.3 Å². The van der Waals surface area contributed by atoms with Crippen molar-refractivity contribution in [3.05, 3.63) is 20.8 Å². The number of rotatable bonds is 5. The molecule has 0 radical (unpaired) electrons. The minimum atomic E-state index is -0.632. The molecule has 1 saturated carbocycles. The van der Waals surface area contributed by atoms with E-state index in [0.29, 0.717) is 12.6 Å². The average molecular weight is 290 g/mol. The first-order valence-electron chi connectivity index (χ1n) is 5.25. The number of thiophene rings is 1. The van der Waals surface area contributed by atoms with E-state index in [9.17, 15) is 5.11 Å². The maximum atomic E-state index is 10.2. The molecule has 1 heterocycles. The molecule has 1 atom stereocenters. The Labute approximate surface area is 103 Å². The van der Waals surface area contributed by atoms with Crippen molar-refractivity contribution >= 4 is 27.3 Å². The second-order valence-corrected chi connectivity index (χ2v) is 7.08. The maximum absolute atomic E-state index is 10.2. The van der Waals surface area contributed by atoms with Gasteiger partial charge in [0.25, 0.3) is 0 Å². The summed E-state index contributed by atoms with van der Waals surface area (Å²) >= 11 is 5.13. The molecule has 2 nitrogen and oxygen atoms in total. The lowest BCUT2D eigenvalue weighted by Gasteiger charge is -2.23. The van der Waals surface area contributed by atoms with Crippen LogP contribution in [0.3, 0.4) is 0 Å². The highest BCUT2D eigenvalue weighted by Crippen LogP contribution is 2.26. The molecule has 2 rings (SSSR count). The second kappa shape index (κ2) is 4.53. The third-order valence-corrected chi connectivity index (χ3v) is 4.16. The van der Waals surface area contributed by atoms with Crippen LogP contribution in [0.25, 0.3) is 0 Å². The molecule has 4 heteroatoms. The van der Waals surface area contributed by atoms with Crippen molar-refractivity contribution in [2.45, 2.75) is 37.8 Å². The lowest BCUT2D eigenvalue weighted by molar-refractivity contribution is 0.0605. The smallest absolute Gasteiger partial charge is 0.0791 e. The summed E-state index contributed by atoms with van der Waals surface area (Å²) in [5.74, 6) is 0. The Balaban J connectivity index is 1.84. The predicted octanol–water partition coefficient (Wildman–Crippen LogP) is 2.56. The fourth-order valence-electron chi connectivity index (χ4n) is 1.54. The first-order valence-corrected chi connectivity index (χ1v) is 6.86. The van der Waals surface area contributed by atoms with Crippen molar-refractivity contribution in [1.29, 1.82) is 0 Å². The molecule has 2 N–H and O–H groups in total. The summed E-state index contributed by atoms with van der Waals surface area (Å²) in [6, 6.07) is 4.76. The Kier molecular flexibility index (Phi) is 3.50. The Morgan fingerprint density at radius 3 is 2.87 bits per heavy atom. The van der Waals surface area contributed by atoms with Gasteiger partial charge in [-0.3, -0.25) is 0 Å². The van der Waals surface area contributed by atoms with Gasteiger partial charge in [-0.25, -0.2) is 0 Å². The summed E-state index contributed by atoms with van der Waals surface area (Å²) in [5, 5.41) is 13.5. The fraction of sp³-hybridized carbons (Fsp3) is 0.636. The summed E-state index contributed by atoms with van der Waals surface area (Å²) in [5.41, 5.74) is -0.632. The summed E-state index contributed by atoms with van der Waals surface area (Å²) in [7, 11) is 0. The largest absolute Gasteiger partial charge is 0.388 e. The van der Waals surface area contributed by atoms with Crippen LogP contribution in [-0.2, 0) is 6.42 Å². The van der Waals surface area contributed by atoms with Crippen LogP contribution < -0.4 is 5.32 Å². The number of nitrogens with one attached hydrogen (secondary N) is 1. The summed E-state index contributed by atoms with van der Waals surface area (Å²) in [4.78, 5) is 1.23. The summed E-state index contributed by atoms with van der Waals surface area (Å²) in [6.07, 6.45) is 3.25. The standard InChI is InChI=1S/C11H16BrNOS/c1-11(14,7-13-8-2-3-8)6-9-4-5-10(12)15-9/h4-5,8,13-14H,2-3,6-7H2,1H3. The van der Waals surface area contributed by atoms with E-state index in [0.717, 1.165) is 10.2 Å². The second-order valence-electron chi connectivity index (χ2n) is 4.53. The van der Waals surface area contributed by atoms with Gasteiger partial charge in [-0.2, -0.15) is 0 Å². The Morgan fingerprint density at radius 1 is 1.60 bits per heavy atom. The quantitative estimate of drug-likeness (QED) is 0.873. The van der Waals surface area contributed by atoms with Crippen LogP contribution in [0, 0.1) is 0 Å². The van der Waals surface area contributed by atoms with E-state index in [2.05, 4.69) is 27.3 Å². The zero-order valence-corrected chi connectivity index (χ0v) is 11.2. The van der Waals surface area contributed by atoms with Gasteiger partial charge in [-0.1, -0.05) is 0 Å². The Morgan fingerprint density at radius 2 is 2.33 bits per heavy atom. The average Bonchev–Trinajstić information content (AvgIpc) is 2.88. The topological polar surface area (TPSA) is 32.3 Å². The number of aliphatic hydroxyl groups is 1. The van der Waals surface area contributed by atoms with Gasteiger partial charge in [0.15, 0.2) is 0 Å². The van der Waals surface area contributed by atoms with Gasteiger partial charge in [0, 0.05) is 23.9 Å². The molecular formula is C11H16BrNOS. The number of hydrogen-bond donors (Lipinski definition) is 2. The van der Waals surface area contributed by atoms with Crippen molar-refractivity contribution in [2.24, 2.45) is 0 Å². The van der Waals surface area contributed by atoms with Crippen molar-refractivity contribution in [1.82, 2.24) is 5.32 Å². The Hall–Kier alpha value is 0.1000. The van der Waals surface area contributed by atoms with Gasteiger partial charge in [0.1, 0.15) is 0 Å². The lowest BCUT2D eigenvalue weighted by atomic mass is 10.0. The van der Waals surface area contributed by atoms with Gasteiger partial charge in [-0.05, 0) is 47.8 Å². The molecule has 1 aliphatic carbocycles. The lowest BCUT2D eigenvalue weighted by Crippen LogP contribution is -2.40. The zero-order chi connectivity index (χ0) is 10.9. The molecular weight excluding hydrogens is 274 g/mol. The maximum Gasteiger partial charge on any atom is 0.0791 e. The monoisotopic (exact) mass is 289 g/mol. The van der Waals surface area contributed by atoms with Gasteiger partial charge < -0.3 is 10.4 Å². The van der Waals surface area contributed by atoms with E-state index < -0.39 is 5.60 Å². The van der Waals surface area contributed by atoms with Crippen LogP contribution in [0.15, 0.2) is 15.9 Å². The molecule has 0 aliphatic heterocycles. The molecule has 0 amide bonds. The molecule has 15 heavy (non-hydrogen) atoms. The van der Waals surface area contributed by atoms with Gasteiger partial charge in [0.05, 0.1) is 9.39 Å². The van der Waals surface area contributed by atoms with Crippen molar-refractivity contribution in [3.63, 3.8) is 0 Å². The zero-order valence-electron chi connectivity index (χ0n) is 8.79. The molecule has 0 saturated heterocycles. The number of hydrogen-bond acceptors (Lipinski definition) is 3. The highest BCUT2D eigenvalue weighted by Gasteiger charge is 2.27. The molecule has 0 spiro atoms. The molecule has 1 aromatic heterocycles. The SMILES string of the molecule is CC(O)(CNC1CC1)Cc1ccc(Br)s1. The fourth-order valence-corrected chi connectivity index (χ4v) is 3.20. The minimum absolute atomic E-state index is 0.632. The summed E-state index contributed by atoms with van der Waals surface area (Å²) in [6.45, 7) is 2.59. The van der Waals surface area contributed by atoms with Crippen LogP contribution in [0.4, 0.5) is 0 Å². The van der Waals surface area contributed by atoms with E-state index in [1.807, 2.05) is 13.0 Å². The van der Waals surface area contributed by atoms with Crippen LogP contribution in [0.2, 0.25) is 0 Å². The van der Waals surface area contributed by atoms with Crippen LogP contribution in [0.5, 0.6) is 0 Å². The van der Waals surface area contributed by atoms with Crippen LogP contribution in [0.1, 0.15) is 24.6 Å². The number of halogens is 1. The minimum Gasteiger partial charge on any atom is -0.388 e. The summed E-state index contributed by atoms with van der Waals surface area (Å²) < 4.78 is 1.13. The van der Waals surface area contributed by atoms with Gasteiger partial charge in [0.2, 0.25) is 0 Å². The third kappa shape index (κ3) is 3.87. The first-order chi connectivity index (χ1) is 7.05.